The summed E-state index contributed by atoms with van der Waals surface area (Å²) < 4.78 is 5.15. The third kappa shape index (κ3) is 4.07. The van der Waals surface area contributed by atoms with Gasteiger partial charge in [-0.05, 0) is 37.0 Å². The van der Waals surface area contributed by atoms with Crippen molar-refractivity contribution in [2.75, 3.05) is 18.2 Å². The molecule has 2 aromatic heterocycles. The zero-order valence-electron chi connectivity index (χ0n) is 15.5. The Bertz CT molecular complexity index is 1070. The summed E-state index contributed by atoms with van der Waals surface area (Å²) in [6, 6.07) is 7.28. The van der Waals surface area contributed by atoms with E-state index in [9.17, 15) is 9.59 Å². The Morgan fingerprint density at radius 2 is 2.29 bits per heavy atom. The van der Waals surface area contributed by atoms with E-state index < -0.39 is 0 Å². The largest absolute Gasteiger partial charge is 0.497 e. The smallest absolute Gasteiger partial charge is 0.259 e. The van der Waals surface area contributed by atoms with Crippen molar-refractivity contribution in [3.8, 4) is 5.75 Å². The van der Waals surface area contributed by atoms with Crippen molar-refractivity contribution in [1.82, 2.24) is 9.97 Å². The molecule has 0 atom stereocenters. The molecule has 2 heterocycles. The van der Waals surface area contributed by atoms with Gasteiger partial charge in [0, 0.05) is 28.8 Å². The van der Waals surface area contributed by atoms with Crippen LogP contribution in [0.1, 0.15) is 29.1 Å². The number of H-pyrrole nitrogens is 1. The molecule has 2 N–H and O–H groups in total. The number of hydrogen-bond donors (Lipinski definition) is 2. The molecule has 6 nitrogen and oxygen atoms in total. The highest BCUT2D eigenvalue weighted by molar-refractivity contribution is 7.98. The number of fused-ring (bicyclic) bond motifs is 3. The number of anilines is 1. The number of carbonyl (C=O) groups excluding carboxylic acids is 1. The first-order valence-corrected chi connectivity index (χ1v) is 11.2. The maximum Gasteiger partial charge on any atom is 0.259 e. The summed E-state index contributed by atoms with van der Waals surface area (Å²) in [4.78, 5) is 34.2. The van der Waals surface area contributed by atoms with Gasteiger partial charge in [0.1, 0.15) is 16.4 Å². The van der Waals surface area contributed by atoms with Crippen LogP contribution in [0.3, 0.4) is 0 Å². The Hall–Kier alpha value is -2.32. The van der Waals surface area contributed by atoms with Crippen LogP contribution in [0, 0.1) is 0 Å². The number of ether oxygens (including phenoxy) is 1. The number of amides is 1. The number of aryl methyl sites for hydroxylation is 2. The molecule has 0 fully saturated rings. The number of methoxy groups -OCH3 is 1. The number of rotatable bonds is 7. The van der Waals surface area contributed by atoms with Gasteiger partial charge in [-0.2, -0.15) is 11.8 Å². The molecule has 1 aliphatic carbocycles. The molecule has 0 saturated heterocycles. The Labute approximate surface area is 170 Å². The van der Waals surface area contributed by atoms with E-state index in [-0.39, 0.29) is 11.5 Å². The van der Waals surface area contributed by atoms with Crippen LogP contribution in [-0.2, 0) is 23.4 Å². The highest BCUT2D eigenvalue weighted by atomic mass is 32.2. The Kier molecular flexibility index (Phi) is 5.68. The van der Waals surface area contributed by atoms with E-state index in [0.29, 0.717) is 29.5 Å². The molecule has 1 aliphatic rings. The molecule has 0 spiro atoms. The summed E-state index contributed by atoms with van der Waals surface area (Å²) in [5.74, 6) is 2.57. The van der Waals surface area contributed by atoms with Gasteiger partial charge in [-0.25, -0.2) is 4.98 Å². The van der Waals surface area contributed by atoms with E-state index in [1.54, 1.807) is 36.3 Å². The summed E-state index contributed by atoms with van der Waals surface area (Å²) in [5, 5.41) is 3.65. The zero-order chi connectivity index (χ0) is 19.5. The maximum absolute atomic E-state index is 12.4. The average molecular weight is 416 g/mol. The lowest BCUT2D eigenvalue weighted by Gasteiger charge is -2.07. The molecule has 0 radical (unpaired) electrons. The number of aromatic nitrogens is 2. The second-order valence-electron chi connectivity index (χ2n) is 6.63. The summed E-state index contributed by atoms with van der Waals surface area (Å²) in [7, 11) is 1.59. The molecule has 8 heteroatoms. The van der Waals surface area contributed by atoms with Crippen molar-refractivity contribution >= 4 is 44.9 Å². The minimum Gasteiger partial charge on any atom is -0.497 e. The van der Waals surface area contributed by atoms with Crippen molar-refractivity contribution in [3.63, 3.8) is 0 Å². The van der Waals surface area contributed by atoms with E-state index in [0.717, 1.165) is 35.2 Å². The third-order valence-electron chi connectivity index (χ3n) is 4.69. The fraction of sp³-hybridized carbons (Fsp3) is 0.350. The summed E-state index contributed by atoms with van der Waals surface area (Å²) >= 11 is 3.24. The van der Waals surface area contributed by atoms with Crippen LogP contribution in [-0.4, -0.2) is 28.7 Å². The fourth-order valence-electron chi connectivity index (χ4n) is 3.37. The van der Waals surface area contributed by atoms with Crippen molar-refractivity contribution in [3.05, 3.63) is 50.9 Å². The van der Waals surface area contributed by atoms with Crippen LogP contribution in [0.5, 0.6) is 5.75 Å². The number of thiophene rings is 1. The van der Waals surface area contributed by atoms with Gasteiger partial charge in [0.05, 0.1) is 18.2 Å². The fourth-order valence-corrected chi connectivity index (χ4v) is 5.46. The topological polar surface area (TPSA) is 84.1 Å². The average Bonchev–Trinajstić information content (AvgIpc) is 3.26. The molecule has 0 bridgehead atoms. The van der Waals surface area contributed by atoms with Crippen molar-refractivity contribution in [2.45, 2.75) is 31.4 Å². The third-order valence-corrected chi connectivity index (χ3v) is 6.85. The Morgan fingerprint density at radius 1 is 1.39 bits per heavy atom. The van der Waals surface area contributed by atoms with Gasteiger partial charge in [0.2, 0.25) is 5.91 Å². The molecule has 4 rings (SSSR count). The molecule has 28 heavy (non-hydrogen) atoms. The second-order valence-corrected chi connectivity index (χ2v) is 8.82. The molecule has 0 aliphatic heterocycles. The minimum atomic E-state index is -0.0488. The van der Waals surface area contributed by atoms with Crippen molar-refractivity contribution in [2.24, 2.45) is 0 Å². The van der Waals surface area contributed by atoms with E-state index in [4.69, 9.17) is 4.74 Å². The van der Waals surface area contributed by atoms with Gasteiger partial charge < -0.3 is 15.0 Å². The Morgan fingerprint density at radius 3 is 3.14 bits per heavy atom. The monoisotopic (exact) mass is 415 g/mol. The van der Waals surface area contributed by atoms with Gasteiger partial charge in [0.25, 0.3) is 5.56 Å². The van der Waals surface area contributed by atoms with Gasteiger partial charge in [-0.1, -0.05) is 6.07 Å². The number of thioether (sulfide) groups is 1. The van der Waals surface area contributed by atoms with Gasteiger partial charge >= 0.3 is 0 Å². The van der Waals surface area contributed by atoms with Crippen LogP contribution < -0.4 is 15.6 Å². The molecule has 0 saturated carbocycles. The quantitative estimate of drug-likeness (QED) is 0.574. The van der Waals surface area contributed by atoms with E-state index in [2.05, 4.69) is 15.3 Å². The lowest BCUT2D eigenvalue weighted by Crippen LogP contribution is -2.13. The van der Waals surface area contributed by atoms with Crippen LogP contribution in [0.2, 0.25) is 0 Å². The second kappa shape index (κ2) is 8.36. The van der Waals surface area contributed by atoms with Crippen LogP contribution in [0.4, 0.5) is 5.69 Å². The number of nitrogens with one attached hydrogen (secondary N) is 2. The summed E-state index contributed by atoms with van der Waals surface area (Å²) in [5.41, 5.74) is 1.88. The van der Waals surface area contributed by atoms with E-state index in [1.165, 1.54) is 10.4 Å². The molecule has 0 unspecified atom stereocenters. The number of nitrogens with zero attached hydrogens (tertiary/aromatic N) is 1. The first-order valence-electron chi connectivity index (χ1n) is 9.19. The van der Waals surface area contributed by atoms with Gasteiger partial charge in [-0.15, -0.1) is 11.3 Å². The van der Waals surface area contributed by atoms with Crippen LogP contribution in [0.25, 0.3) is 10.2 Å². The first kappa shape index (κ1) is 19.0. The van der Waals surface area contributed by atoms with Gasteiger partial charge in [0.15, 0.2) is 0 Å². The number of carbonyl (C=O) groups is 1. The molecule has 1 amide bonds. The molecular formula is C20H21N3O3S2. The molecule has 146 valence electrons. The first-order chi connectivity index (χ1) is 13.6. The SMILES string of the molecule is COc1cccc(NC(=O)CCSCc2nc3sc4c(c3c(=O)[nH]2)CCC4)c1. The predicted molar refractivity (Wildman–Crippen MR) is 115 cm³/mol. The standard InChI is InChI=1S/C20H21N3O3S2/c1-26-13-5-2-4-12(10-13)21-17(24)8-9-27-11-16-22-19(25)18-14-6-3-7-15(14)28-20(18)23-16/h2,4-5,10H,3,6-9,11H2,1H3,(H,21,24)(H,22,23,25). The minimum absolute atomic E-state index is 0.0317. The lowest BCUT2D eigenvalue weighted by molar-refractivity contribution is -0.115. The van der Waals surface area contributed by atoms with E-state index in [1.807, 2.05) is 18.2 Å². The highest BCUT2D eigenvalue weighted by Gasteiger charge is 2.21. The summed E-state index contributed by atoms with van der Waals surface area (Å²) in [6.45, 7) is 0. The van der Waals surface area contributed by atoms with Gasteiger partial charge in [-0.3, -0.25) is 9.59 Å². The van der Waals surface area contributed by atoms with Crippen molar-refractivity contribution < 1.29 is 9.53 Å². The number of hydrogen-bond acceptors (Lipinski definition) is 6. The van der Waals surface area contributed by atoms with Crippen molar-refractivity contribution in [1.29, 1.82) is 0 Å². The summed E-state index contributed by atoms with van der Waals surface area (Å²) in [6.07, 6.45) is 3.56. The molecule has 3 aromatic rings. The highest BCUT2D eigenvalue weighted by Crippen LogP contribution is 2.34. The normalized spacial score (nSPS) is 12.9. The van der Waals surface area contributed by atoms with E-state index >= 15 is 0 Å². The Balaban J connectivity index is 1.30. The van der Waals surface area contributed by atoms with Crippen LogP contribution >= 0.6 is 23.1 Å². The predicted octanol–water partition coefficient (Wildman–Crippen LogP) is 3.74. The lowest BCUT2D eigenvalue weighted by atomic mass is 10.2. The number of benzene rings is 1. The zero-order valence-corrected chi connectivity index (χ0v) is 17.2. The number of aromatic amines is 1. The van der Waals surface area contributed by atoms with Crippen LogP contribution in [0.15, 0.2) is 29.1 Å². The molecule has 1 aromatic carbocycles. The molecular weight excluding hydrogens is 394 g/mol. The maximum atomic E-state index is 12.4.